The summed E-state index contributed by atoms with van der Waals surface area (Å²) in [5.41, 5.74) is 0.934. The van der Waals surface area contributed by atoms with Crippen molar-refractivity contribution < 1.29 is 28.6 Å². The minimum absolute atomic E-state index is 0.0106. The molecule has 3 rings (SSSR count). The van der Waals surface area contributed by atoms with E-state index in [4.69, 9.17) is 14.2 Å². The van der Waals surface area contributed by atoms with E-state index in [2.05, 4.69) is 0 Å². The van der Waals surface area contributed by atoms with Gasteiger partial charge >= 0.3 is 17.9 Å². The molecule has 2 aromatic rings. The van der Waals surface area contributed by atoms with Gasteiger partial charge in [-0.2, -0.15) is 0 Å². The van der Waals surface area contributed by atoms with Gasteiger partial charge in [-0.25, -0.2) is 14.4 Å². The van der Waals surface area contributed by atoms with Gasteiger partial charge in [0, 0.05) is 5.56 Å². The van der Waals surface area contributed by atoms with Crippen molar-refractivity contribution in [2.75, 3.05) is 14.2 Å². The van der Waals surface area contributed by atoms with Crippen LogP contribution in [0.3, 0.4) is 0 Å². The SMILES string of the molecule is CCC(CC)c1cc2c(c(C(=O)OC)c1C(=O)OC)C(=O)OC2(C)c1ccccc1. The van der Waals surface area contributed by atoms with Crippen LogP contribution in [0.15, 0.2) is 36.4 Å². The Morgan fingerprint density at radius 3 is 2.10 bits per heavy atom. The first-order valence-electron chi connectivity index (χ1n) is 10.0. The molecule has 30 heavy (non-hydrogen) atoms. The number of ether oxygens (including phenoxy) is 3. The second-order valence-electron chi connectivity index (χ2n) is 7.42. The number of methoxy groups -OCH3 is 2. The van der Waals surface area contributed by atoms with Gasteiger partial charge in [0.05, 0.1) is 30.9 Å². The van der Waals surface area contributed by atoms with Gasteiger partial charge in [0.15, 0.2) is 5.60 Å². The van der Waals surface area contributed by atoms with E-state index < -0.39 is 23.5 Å². The minimum Gasteiger partial charge on any atom is -0.465 e. The molecule has 0 saturated heterocycles. The highest BCUT2D eigenvalue weighted by molar-refractivity contribution is 6.13. The highest BCUT2D eigenvalue weighted by atomic mass is 16.6. The fourth-order valence-corrected chi connectivity index (χ4v) is 4.23. The number of hydrogen-bond donors (Lipinski definition) is 0. The summed E-state index contributed by atoms with van der Waals surface area (Å²) >= 11 is 0. The quantitative estimate of drug-likeness (QED) is 0.512. The van der Waals surface area contributed by atoms with E-state index in [-0.39, 0.29) is 22.6 Å². The third-order valence-corrected chi connectivity index (χ3v) is 5.90. The molecular weight excluding hydrogens is 384 g/mol. The highest BCUT2D eigenvalue weighted by Gasteiger charge is 2.48. The molecule has 0 N–H and O–H groups in total. The Hall–Kier alpha value is -3.15. The molecule has 0 fully saturated rings. The van der Waals surface area contributed by atoms with Gasteiger partial charge < -0.3 is 14.2 Å². The molecule has 6 heteroatoms. The first-order chi connectivity index (χ1) is 14.3. The summed E-state index contributed by atoms with van der Waals surface area (Å²) in [6.07, 6.45) is 1.49. The number of carbonyl (C=O) groups excluding carboxylic acids is 3. The Morgan fingerprint density at radius 2 is 1.57 bits per heavy atom. The average Bonchev–Trinajstić information content (AvgIpc) is 3.04. The van der Waals surface area contributed by atoms with Crippen LogP contribution in [-0.2, 0) is 19.8 Å². The summed E-state index contributed by atoms with van der Waals surface area (Å²) < 4.78 is 15.8. The van der Waals surface area contributed by atoms with Crippen molar-refractivity contribution in [1.29, 1.82) is 0 Å². The van der Waals surface area contributed by atoms with Crippen molar-refractivity contribution >= 4 is 17.9 Å². The van der Waals surface area contributed by atoms with E-state index in [0.717, 1.165) is 18.4 Å². The number of carbonyl (C=O) groups is 3. The molecule has 0 bridgehead atoms. The van der Waals surface area contributed by atoms with Crippen LogP contribution in [0.5, 0.6) is 0 Å². The first kappa shape index (κ1) is 21.6. The maximum absolute atomic E-state index is 13.0. The van der Waals surface area contributed by atoms with Crippen molar-refractivity contribution in [2.45, 2.75) is 45.1 Å². The lowest BCUT2D eigenvalue weighted by atomic mass is 9.79. The molecule has 0 radical (unpaired) electrons. The molecule has 0 saturated carbocycles. The Morgan fingerprint density at radius 1 is 1.00 bits per heavy atom. The maximum Gasteiger partial charge on any atom is 0.340 e. The molecule has 6 nitrogen and oxygen atoms in total. The molecule has 0 aliphatic carbocycles. The van der Waals surface area contributed by atoms with E-state index in [9.17, 15) is 14.4 Å². The fourth-order valence-electron chi connectivity index (χ4n) is 4.23. The number of cyclic esters (lactones) is 1. The Kier molecular flexibility index (Phi) is 5.97. The largest absolute Gasteiger partial charge is 0.465 e. The van der Waals surface area contributed by atoms with E-state index >= 15 is 0 Å². The van der Waals surface area contributed by atoms with Crippen LogP contribution in [0.25, 0.3) is 0 Å². The van der Waals surface area contributed by atoms with E-state index in [0.29, 0.717) is 11.1 Å². The number of hydrogen-bond acceptors (Lipinski definition) is 6. The van der Waals surface area contributed by atoms with Gasteiger partial charge in [-0.3, -0.25) is 0 Å². The van der Waals surface area contributed by atoms with Gasteiger partial charge in [-0.05, 0) is 42.9 Å². The van der Waals surface area contributed by atoms with Crippen LogP contribution < -0.4 is 0 Å². The molecule has 1 atom stereocenters. The average molecular weight is 410 g/mol. The minimum atomic E-state index is -1.09. The molecule has 1 unspecified atom stereocenters. The first-order valence-corrected chi connectivity index (χ1v) is 10.0. The molecule has 1 aliphatic rings. The maximum atomic E-state index is 13.0. The van der Waals surface area contributed by atoms with Crippen LogP contribution in [0, 0.1) is 0 Å². The molecule has 2 aromatic carbocycles. The Balaban J connectivity index is 2.45. The lowest BCUT2D eigenvalue weighted by Gasteiger charge is -2.27. The number of fused-ring (bicyclic) bond motifs is 1. The topological polar surface area (TPSA) is 78.9 Å². The second kappa shape index (κ2) is 8.30. The number of esters is 3. The molecule has 1 aliphatic heterocycles. The van der Waals surface area contributed by atoms with Gasteiger partial charge in [-0.1, -0.05) is 44.2 Å². The lowest BCUT2D eigenvalue weighted by Crippen LogP contribution is -2.24. The van der Waals surface area contributed by atoms with E-state index in [1.807, 2.05) is 50.2 Å². The third-order valence-electron chi connectivity index (χ3n) is 5.90. The van der Waals surface area contributed by atoms with Crippen LogP contribution in [0.4, 0.5) is 0 Å². The standard InChI is InChI=1S/C24H26O6/c1-6-14(7-2)16-13-17-19(20(22(26)29-5)18(16)21(25)28-4)23(27)30-24(17,3)15-11-9-8-10-12-15/h8-14H,6-7H2,1-5H3. The summed E-state index contributed by atoms with van der Waals surface area (Å²) in [5.74, 6) is -2.13. The zero-order valence-corrected chi connectivity index (χ0v) is 17.9. The molecule has 1 heterocycles. The van der Waals surface area contributed by atoms with Crippen LogP contribution >= 0.6 is 0 Å². The van der Waals surface area contributed by atoms with Crippen LogP contribution in [-0.4, -0.2) is 32.1 Å². The van der Waals surface area contributed by atoms with Crippen LogP contribution in [0.1, 0.15) is 87.3 Å². The number of rotatable bonds is 6. The summed E-state index contributed by atoms with van der Waals surface area (Å²) in [5, 5.41) is 0. The molecule has 0 aromatic heterocycles. The zero-order valence-electron chi connectivity index (χ0n) is 17.9. The predicted octanol–water partition coefficient (Wildman–Crippen LogP) is 4.60. The molecule has 0 amide bonds. The Labute approximate surface area is 176 Å². The van der Waals surface area contributed by atoms with Gasteiger partial charge in [0.25, 0.3) is 0 Å². The van der Waals surface area contributed by atoms with Crippen molar-refractivity contribution in [3.05, 3.63) is 69.8 Å². The smallest absolute Gasteiger partial charge is 0.340 e. The summed E-state index contributed by atoms with van der Waals surface area (Å²) in [6.45, 7) is 5.82. The lowest BCUT2D eigenvalue weighted by molar-refractivity contribution is 0.0177. The zero-order chi connectivity index (χ0) is 22.1. The van der Waals surface area contributed by atoms with E-state index in [1.54, 1.807) is 6.92 Å². The van der Waals surface area contributed by atoms with Crippen LogP contribution in [0.2, 0.25) is 0 Å². The third kappa shape index (κ3) is 3.26. The van der Waals surface area contributed by atoms with Crippen molar-refractivity contribution in [2.24, 2.45) is 0 Å². The highest BCUT2D eigenvalue weighted by Crippen LogP contribution is 2.46. The molecular formula is C24H26O6. The molecule has 0 spiro atoms. The molecule has 158 valence electrons. The Bertz CT molecular complexity index is 991. The van der Waals surface area contributed by atoms with Gasteiger partial charge in [-0.15, -0.1) is 0 Å². The second-order valence-corrected chi connectivity index (χ2v) is 7.42. The number of benzene rings is 2. The van der Waals surface area contributed by atoms with Crippen molar-refractivity contribution in [3.63, 3.8) is 0 Å². The monoisotopic (exact) mass is 410 g/mol. The van der Waals surface area contributed by atoms with Crippen molar-refractivity contribution in [3.8, 4) is 0 Å². The summed E-state index contributed by atoms with van der Waals surface area (Å²) in [6, 6.07) is 11.1. The van der Waals surface area contributed by atoms with Gasteiger partial charge in [0.1, 0.15) is 0 Å². The fraction of sp³-hybridized carbons (Fsp3) is 0.375. The van der Waals surface area contributed by atoms with E-state index in [1.165, 1.54) is 14.2 Å². The van der Waals surface area contributed by atoms with Crippen molar-refractivity contribution in [1.82, 2.24) is 0 Å². The normalized spacial score (nSPS) is 17.5. The van der Waals surface area contributed by atoms with Gasteiger partial charge in [0.2, 0.25) is 0 Å². The predicted molar refractivity (Wildman–Crippen MR) is 111 cm³/mol. The summed E-state index contributed by atoms with van der Waals surface area (Å²) in [7, 11) is 2.47. The summed E-state index contributed by atoms with van der Waals surface area (Å²) in [4.78, 5) is 38.6.